The van der Waals surface area contributed by atoms with Crippen LogP contribution in [0.4, 0.5) is 5.69 Å². The lowest BCUT2D eigenvalue weighted by Crippen LogP contribution is -2.30. The number of nitrogens with one attached hydrogen (secondary N) is 2. The first-order valence-electron chi connectivity index (χ1n) is 10.1. The molecule has 1 amide bonds. The van der Waals surface area contributed by atoms with Crippen LogP contribution in [0.3, 0.4) is 0 Å². The van der Waals surface area contributed by atoms with Crippen LogP contribution in [0.1, 0.15) is 30.1 Å². The molecule has 0 heterocycles. The van der Waals surface area contributed by atoms with Crippen LogP contribution in [0.5, 0.6) is 17.2 Å². The van der Waals surface area contributed by atoms with Crippen LogP contribution in [0.25, 0.3) is 0 Å². The largest absolute Gasteiger partial charge is 0.497 e. The van der Waals surface area contributed by atoms with Gasteiger partial charge < -0.3 is 24.3 Å². The van der Waals surface area contributed by atoms with E-state index in [1.807, 2.05) is 0 Å². The standard InChI is InChI=1S/C22H26N2O8S/c1-13(21(25)23-17-12-16(29-2)8-10-18(17)30-3)32-22(26)14-5-9-19(31-4)20(11-14)33(27,28)24-15-6-7-15/h5,8-13,15,24H,6-7H2,1-4H3,(H,23,25)/t13-/m1/s1. The van der Waals surface area contributed by atoms with Gasteiger partial charge in [0.25, 0.3) is 5.91 Å². The topological polar surface area (TPSA) is 129 Å². The fourth-order valence-corrected chi connectivity index (χ4v) is 4.43. The molecule has 0 radical (unpaired) electrons. The zero-order valence-electron chi connectivity index (χ0n) is 18.7. The summed E-state index contributed by atoms with van der Waals surface area (Å²) in [6.07, 6.45) is 0.335. The molecule has 2 aromatic carbocycles. The third-order valence-electron chi connectivity index (χ3n) is 4.91. The first-order valence-corrected chi connectivity index (χ1v) is 11.6. The van der Waals surface area contributed by atoms with E-state index in [0.717, 1.165) is 12.8 Å². The van der Waals surface area contributed by atoms with Crippen LogP contribution in [-0.4, -0.2) is 53.8 Å². The van der Waals surface area contributed by atoms with E-state index in [9.17, 15) is 18.0 Å². The van der Waals surface area contributed by atoms with Crippen molar-refractivity contribution in [1.82, 2.24) is 4.72 Å². The van der Waals surface area contributed by atoms with Crippen molar-refractivity contribution in [2.24, 2.45) is 0 Å². The summed E-state index contributed by atoms with van der Waals surface area (Å²) in [6.45, 7) is 1.40. The molecule has 0 bridgehead atoms. The Bertz CT molecular complexity index is 1150. The molecule has 1 atom stereocenters. The van der Waals surface area contributed by atoms with Crippen LogP contribution in [-0.2, 0) is 19.6 Å². The van der Waals surface area contributed by atoms with Gasteiger partial charge >= 0.3 is 5.97 Å². The molecule has 0 unspecified atom stereocenters. The highest BCUT2D eigenvalue weighted by atomic mass is 32.2. The molecule has 10 nitrogen and oxygen atoms in total. The number of sulfonamides is 1. The predicted molar refractivity (Wildman–Crippen MR) is 119 cm³/mol. The minimum absolute atomic E-state index is 0.0365. The van der Waals surface area contributed by atoms with Crippen molar-refractivity contribution >= 4 is 27.6 Å². The summed E-state index contributed by atoms with van der Waals surface area (Å²) < 4.78 is 48.6. The molecule has 178 valence electrons. The molecule has 0 spiro atoms. The SMILES string of the molecule is COc1ccc(OC)c(NC(=O)[C@@H](C)OC(=O)c2ccc(OC)c(S(=O)(=O)NC3CC3)c2)c1. The number of carbonyl (C=O) groups is 2. The highest BCUT2D eigenvalue weighted by Crippen LogP contribution is 2.30. The van der Waals surface area contributed by atoms with E-state index in [-0.39, 0.29) is 22.3 Å². The first-order chi connectivity index (χ1) is 15.7. The van der Waals surface area contributed by atoms with Crippen LogP contribution in [0, 0.1) is 0 Å². The lowest BCUT2D eigenvalue weighted by Gasteiger charge is -2.16. The molecule has 2 N–H and O–H groups in total. The number of esters is 1. The molecule has 1 aliphatic rings. The highest BCUT2D eigenvalue weighted by Gasteiger charge is 2.31. The summed E-state index contributed by atoms with van der Waals surface area (Å²) in [5, 5.41) is 2.63. The maximum atomic E-state index is 12.7. The van der Waals surface area contributed by atoms with Crippen LogP contribution < -0.4 is 24.2 Å². The smallest absolute Gasteiger partial charge is 0.338 e. The Hall–Kier alpha value is -3.31. The molecular weight excluding hydrogens is 452 g/mol. The Morgan fingerprint density at radius 1 is 0.970 bits per heavy atom. The Balaban J connectivity index is 1.74. The number of amides is 1. The Morgan fingerprint density at radius 3 is 2.24 bits per heavy atom. The van der Waals surface area contributed by atoms with Crippen molar-refractivity contribution in [3.05, 3.63) is 42.0 Å². The van der Waals surface area contributed by atoms with Crippen LogP contribution in [0.2, 0.25) is 0 Å². The van der Waals surface area contributed by atoms with Gasteiger partial charge in [0.1, 0.15) is 22.1 Å². The summed E-state index contributed by atoms with van der Waals surface area (Å²) in [5.74, 6) is -0.471. The van der Waals surface area contributed by atoms with E-state index >= 15 is 0 Å². The maximum Gasteiger partial charge on any atom is 0.338 e. The van der Waals surface area contributed by atoms with Gasteiger partial charge in [-0.05, 0) is 50.1 Å². The van der Waals surface area contributed by atoms with Gasteiger partial charge in [0, 0.05) is 12.1 Å². The molecule has 3 rings (SSSR count). The Labute approximate surface area is 192 Å². The second kappa shape index (κ2) is 10.1. The average molecular weight is 479 g/mol. The van der Waals surface area contributed by atoms with E-state index < -0.39 is 28.0 Å². The van der Waals surface area contributed by atoms with Crippen LogP contribution in [0.15, 0.2) is 41.3 Å². The molecule has 11 heteroatoms. The van der Waals surface area contributed by atoms with Crippen molar-refractivity contribution in [3.63, 3.8) is 0 Å². The summed E-state index contributed by atoms with van der Waals surface area (Å²) in [4.78, 5) is 25.1. The van der Waals surface area contributed by atoms with Gasteiger partial charge in [0.05, 0.1) is 32.6 Å². The molecule has 0 aromatic heterocycles. The highest BCUT2D eigenvalue weighted by molar-refractivity contribution is 7.89. The molecule has 1 aliphatic carbocycles. The zero-order chi connectivity index (χ0) is 24.2. The van der Waals surface area contributed by atoms with Crippen molar-refractivity contribution in [2.75, 3.05) is 26.6 Å². The van der Waals surface area contributed by atoms with Gasteiger partial charge in [0.15, 0.2) is 6.10 Å². The number of ether oxygens (including phenoxy) is 4. The number of methoxy groups -OCH3 is 3. The van der Waals surface area contributed by atoms with Crippen molar-refractivity contribution in [2.45, 2.75) is 36.8 Å². The van der Waals surface area contributed by atoms with Crippen molar-refractivity contribution in [1.29, 1.82) is 0 Å². The number of rotatable bonds is 10. The summed E-state index contributed by atoms with van der Waals surface area (Å²) in [7, 11) is 0.393. The summed E-state index contributed by atoms with van der Waals surface area (Å²) in [5.41, 5.74) is 0.305. The van der Waals surface area contributed by atoms with E-state index in [1.54, 1.807) is 18.2 Å². The molecule has 33 heavy (non-hydrogen) atoms. The third kappa shape index (κ3) is 5.93. The van der Waals surface area contributed by atoms with Gasteiger partial charge in [0.2, 0.25) is 10.0 Å². The van der Waals surface area contributed by atoms with Gasteiger partial charge in [-0.15, -0.1) is 0 Å². The number of benzene rings is 2. The quantitative estimate of drug-likeness (QED) is 0.498. The molecule has 1 saturated carbocycles. The minimum atomic E-state index is -3.88. The van der Waals surface area contributed by atoms with Gasteiger partial charge in [-0.1, -0.05) is 0 Å². The van der Waals surface area contributed by atoms with Crippen LogP contribution >= 0.6 is 0 Å². The Kier molecular flexibility index (Phi) is 7.44. The monoisotopic (exact) mass is 478 g/mol. The second-order valence-corrected chi connectivity index (χ2v) is 9.05. The second-order valence-electron chi connectivity index (χ2n) is 7.36. The van der Waals surface area contributed by atoms with Gasteiger partial charge in [-0.25, -0.2) is 17.9 Å². The zero-order valence-corrected chi connectivity index (χ0v) is 19.5. The number of hydrogen-bond donors (Lipinski definition) is 2. The lowest BCUT2D eigenvalue weighted by molar-refractivity contribution is -0.123. The predicted octanol–water partition coefficient (Wildman–Crippen LogP) is 2.34. The molecule has 1 fully saturated rings. The summed E-state index contributed by atoms with van der Waals surface area (Å²) in [6, 6.07) is 8.65. The Morgan fingerprint density at radius 2 is 1.64 bits per heavy atom. The fraction of sp³-hybridized carbons (Fsp3) is 0.364. The molecule has 0 saturated heterocycles. The van der Waals surface area contributed by atoms with Gasteiger partial charge in [-0.2, -0.15) is 0 Å². The maximum absolute atomic E-state index is 12.7. The average Bonchev–Trinajstić information content (AvgIpc) is 3.61. The fourth-order valence-electron chi connectivity index (χ4n) is 2.93. The van der Waals surface area contributed by atoms with Gasteiger partial charge in [-0.3, -0.25) is 4.79 Å². The molecule has 2 aromatic rings. The van der Waals surface area contributed by atoms with E-state index in [1.165, 1.54) is 46.5 Å². The first kappa shape index (κ1) is 24.3. The van der Waals surface area contributed by atoms with E-state index in [0.29, 0.717) is 17.2 Å². The minimum Gasteiger partial charge on any atom is -0.497 e. The number of hydrogen-bond acceptors (Lipinski definition) is 8. The summed E-state index contributed by atoms with van der Waals surface area (Å²) >= 11 is 0. The van der Waals surface area contributed by atoms with E-state index in [4.69, 9.17) is 18.9 Å². The lowest BCUT2D eigenvalue weighted by atomic mass is 10.2. The number of carbonyl (C=O) groups excluding carboxylic acids is 2. The molecular formula is C22H26N2O8S. The van der Waals surface area contributed by atoms with Crippen molar-refractivity contribution in [3.8, 4) is 17.2 Å². The molecule has 0 aliphatic heterocycles. The van der Waals surface area contributed by atoms with E-state index in [2.05, 4.69) is 10.0 Å². The number of anilines is 1. The van der Waals surface area contributed by atoms with Crippen molar-refractivity contribution < 1.29 is 37.0 Å². The normalized spacial score (nSPS) is 14.2. The third-order valence-corrected chi connectivity index (χ3v) is 6.45.